The zero-order valence-electron chi connectivity index (χ0n) is 14.4. The van der Waals surface area contributed by atoms with E-state index in [-0.39, 0.29) is 4.90 Å². The average molecular weight is 380 g/mol. The van der Waals surface area contributed by atoms with Gasteiger partial charge in [0, 0.05) is 11.3 Å². The molecule has 0 saturated carbocycles. The van der Waals surface area contributed by atoms with E-state index in [9.17, 15) is 8.42 Å². The van der Waals surface area contributed by atoms with Crippen LogP contribution in [0.4, 0.5) is 11.5 Å². The Labute approximate surface area is 155 Å². The average Bonchev–Trinajstić information content (AvgIpc) is 3.00. The van der Waals surface area contributed by atoms with Crippen LogP contribution in [0.3, 0.4) is 0 Å². The summed E-state index contributed by atoms with van der Waals surface area (Å²) >= 11 is 0. The molecule has 2 aromatic carbocycles. The summed E-state index contributed by atoms with van der Waals surface area (Å²) in [7, 11) is -3.64. The molecule has 4 rings (SSSR count). The summed E-state index contributed by atoms with van der Waals surface area (Å²) in [5, 5.41) is 0.646. The van der Waals surface area contributed by atoms with Gasteiger partial charge in [-0.15, -0.1) is 0 Å². The van der Waals surface area contributed by atoms with Gasteiger partial charge in [0.1, 0.15) is 17.9 Å². The number of benzene rings is 2. The lowest BCUT2D eigenvalue weighted by molar-refractivity contribution is 0.568. The molecule has 2 aromatic heterocycles. The van der Waals surface area contributed by atoms with E-state index in [2.05, 4.69) is 14.7 Å². The second kappa shape index (κ2) is 6.40. The van der Waals surface area contributed by atoms with E-state index in [1.54, 1.807) is 54.6 Å². The number of furan rings is 1. The Morgan fingerprint density at radius 3 is 2.41 bits per heavy atom. The number of nitrogens with zero attached hydrogens (tertiary/aromatic N) is 2. The number of hydrogen-bond donors (Lipinski definition) is 2. The smallest absolute Gasteiger partial charge is 0.261 e. The Hall–Kier alpha value is -3.39. The highest BCUT2D eigenvalue weighted by atomic mass is 32.2. The third kappa shape index (κ3) is 3.11. The van der Waals surface area contributed by atoms with Crippen molar-refractivity contribution in [3.63, 3.8) is 0 Å². The standard InChI is InChI=1S/C19H16N4O3S/c1-12-16(17-18(20)21-11-22-19(17)26-12)13-7-9-14(10-8-13)23-27(24,25)15-5-3-2-4-6-15/h2-11,23H,1H3,(H2,20,21,22). The first-order valence-corrected chi connectivity index (χ1v) is 9.62. The van der Waals surface area contributed by atoms with Crippen molar-refractivity contribution in [2.24, 2.45) is 0 Å². The van der Waals surface area contributed by atoms with Crippen LogP contribution in [0, 0.1) is 6.92 Å². The molecule has 0 unspecified atom stereocenters. The maximum absolute atomic E-state index is 12.4. The maximum Gasteiger partial charge on any atom is 0.261 e. The number of nitrogens with two attached hydrogens (primary N) is 1. The number of nitrogens with one attached hydrogen (secondary N) is 1. The molecule has 0 saturated heterocycles. The second-order valence-corrected chi connectivity index (χ2v) is 7.65. The monoisotopic (exact) mass is 380 g/mol. The highest BCUT2D eigenvalue weighted by Crippen LogP contribution is 2.36. The summed E-state index contributed by atoms with van der Waals surface area (Å²) in [6.07, 6.45) is 1.35. The molecule has 136 valence electrons. The minimum Gasteiger partial charge on any atom is -0.442 e. The quantitative estimate of drug-likeness (QED) is 0.560. The molecular weight excluding hydrogens is 364 g/mol. The fourth-order valence-electron chi connectivity index (χ4n) is 2.93. The third-order valence-corrected chi connectivity index (χ3v) is 5.57. The largest absolute Gasteiger partial charge is 0.442 e. The lowest BCUT2D eigenvalue weighted by atomic mass is 10.0. The molecule has 0 aliphatic rings. The lowest BCUT2D eigenvalue weighted by Crippen LogP contribution is -2.12. The molecule has 8 heteroatoms. The number of hydrogen-bond acceptors (Lipinski definition) is 6. The van der Waals surface area contributed by atoms with Crippen LogP contribution in [0.5, 0.6) is 0 Å². The Kier molecular flexibility index (Phi) is 4.04. The number of aromatic nitrogens is 2. The van der Waals surface area contributed by atoms with Crippen LogP contribution in [-0.4, -0.2) is 18.4 Å². The van der Waals surface area contributed by atoms with Gasteiger partial charge < -0.3 is 10.2 Å². The van der Waals surface area contributed by atoms with Crippen molar-refractivity contribution in [2.45, 2.75) is 11.8 Å². The number of rotatable bonds is 4. The van der Waals surface area contributed by atoms with E-state index < -0.39 is 10.0 Å². The van der Waals surface area contributed by atoms with Crippen LogP contribution in [0.2, 0.25) is 0 Å². The number of nitrogen functional groups attached to an aromatic ring is 1. The summed E-state index contributed by atoms with van der Waals surface area (Å²) in [5.74, 6) is 0.996. The number of sulfonamides is 1. The molecule has 2 heterocycles. The van der Waals surface area contributed by atoms with Crippen molar-refractivity contribution in [1.29, 1.82) is 0 Å². The predicted molar refractivity (Wildman–Crippen MR) is 104 cm³/mol. The molecule has 0 spiro atoms. The third-order valence-electron chi connectivity index (χ3n) is 4.17. The molecule has 4 aromatic rings. The van der Waals surface area contributed by atoms with Crippen molar-refractivity contribution in [3.05, 3.63) is 66.7 Å². The van der Waals surface area contributed by atoms with Gasteiger partial charge in [-0.1, -0.05) is 30.3 Å². The van der Waals surface area contributed by atoms with Gasteiger partial charge in [-0.2, -0.15) is 0 Å². The first-order chi connectivity index (χ1) is 13.0. The van der Waals surface area contributed by atoms with Gasteiger partial charge in [0.05, 0.1) is 10.3 Å². The zero-order chi connectivity index (χ0) is 19.0. The Morgan fingerprint density at radius 1 is 1.00 bits per heavy atom. The number of fused-ring (bicyclic) bond motifs is 1. The van der Waals surface area contributed by atoms with Crippen LogP contribution in [0.1, 0.15) is 5.76 Å². The van der Waals surface area contributed by atoms with Gasteiger partial charge in [-0.25, -0.2) is 18.4 Å². The molecule has 7 nitrogen and oxygen atoms in total. The molecule has 3 N–H and O–H groups in total. The van der Waals surface area contributed by atoms with Crippen LogP contribution in [0.25, 0.3) is 22.2 Å². The molecule has 0 radical (unpaired) electrons. The van der Waals surface area contributed by atoms with Crippen molar-refractivity contribution >= 4 is 32.6 Å². The molecule has 0 amide bonds. The minimum absolute atomic E-state index is 0.204. The first-order valence-electron chi connectivity index (χ1n) is 8.13. The zero-order valence-corrected chi connectivity index (χ0v) is 15.2. The molecule has 0 aliphatic carbocycles. The molecule has 0 bridgehead atoms. The fraction of sp³-hybridized carbons (Fsp3) is 0.0526. The minimum atomic E-state index is -3.64. The number of aryl methyl sites for hydroxylation is 1. The van der Waals surface area contributed by atoms with E-state index in [1.807, 2.05) is 6.92 Å². The highest BCUT2D eigenvalue weighted by molar-refractivity contribution is 7.92. The molecular formula is C19H16N4O3S. The summed E-state index contributed by atoms with van der Waals surface area (Å²) in [6.45, 7) is 1.82. The lowest BCUT2D eigenvalue weighted by Gasteiger charge is -2.09. The molecule has 0 atom stereocenters. The van der Waals surface area contributed by atoms with Gasteiger partial charge in [0.15, 0.2) is 0 Å². The fourth-order valence-corrected chi connectivity index (χ4v) is 4.01. The topological polar surface area (TPSA) is 111 Å². The van der Waals surface area contributed by atoms with Crippen LogP contribution in [0.15, 0.2) is 70.2 Å². The predicted octanol–water partition coefficient (Wildman–Crippen LogP) is 3.58. The van der Waals surface area contributed by atoms with Gasteiger partial charge in [-0.05, 0) is 36.8 Å². The van der Waals surface area contributed by atoms with E-state index >= 15 is 0 Å². The van der Waals surface area contributed by atoms with Gasteiger partial charge >= 0.3 is 0 Å². The van der Waals surface area contributed by atoms with Crippen LogP contribution >= 0.6 is 0 Å². The maximum atomic E-state index is 12.4. The Morgan fingerprint density at radius 2 is 1.70 bits per heavy atom. The normalized spacial score (nSPS) is 11.6. The van der Waals surface area contributed by atoms with Gasteiger partial charge in [0.25, 0.3) is 10.0 Å². The summed E-state index contributed by atoms with van der Waals surface area (Å²) in [5.41, 5.74) is 8.48. The second-order valence-electron chi connectivity index (χ2n) is 5.97. The van der Waals surface area contributed by atoms with Crippen molar-refractivity contribution in [2.75, 3.05) is 10.5 Å². The Balaban J connectivity index is 1.69. The van der Waals surface area contributed by atoms with Gasteiger partial charge in [0.2, 0.25) is 5.71 Å². The van der Waals surface area contributed by atoms with E-state index in [4.69, 9.17) is 10.2 Å². The SMILES string of the molecule is Cc1oc2ncnc(N)c2c1-c1ccc(NS(=O)(=O)c2ccccc2)cc1. The van der Waals surface area contributed by atoms with Crippen LogP contribution in [-0.2, 0) is 10.0 Å². The summed E-state index contributed by atoms with van der Waals surface area (Å²) in [4.78, 5) is 8.32. The van der Waals surface area contributed by atoms with Gasteiger partial charge in [-0.3, -0.25) is 4.72 Å². The summed E-state index contributed by atoms with van der Waals surface area (Å²) in [6, 6.07) is 15.2. The summed E-state index contributed by atoms with van der Waals surface area (Å²) < 4.78 is 33.1. The Bertz CT molecular complexity index is 1220. The van der Waals surface area contributed by atoms with Crippen molar-refractivity contribution in [3.8, 4) is 11.1 Å². The molecule has 0 aliphatic heterocycles. The van der Waals surface area contributed by atoms with E-state index in [1.165, 1.54) is 6.33 Å². The molecule has 27 heavy (non-hydrogen) atoms. The van der Waals surface area contributed by atoms with E-state index in [0.29, 0.717) is 28.4 Å². The van der Waals surface area contributed by atoms with Crippen LogP contribution < -0.4 is 10.5 Å². The number of anilines is 2. The van der Waals surface area contributed by atoms with E-state index in [0.717, 1.165) is 11.1 Å². The highest BCUT2D eigenvalue weighted by Gasteiger charge is 2.18. The molecule has 0 fully saturated rings. The van der Waals surface area contributed by atoms with Crippen molar-refractivity contribution in [1.82, 2.24) is 9.97 Å². The van der Waals surface area contributed by atoms with Crippen molar-refractivity contribution < 1.29 is 12.8 Å². The first kappa shape index (κ1) is 17.0.